The lowest BCUT2D eigenvalue weighted by molar-refractivity contribution is -0.135. The molecule has 2 unspecified atom stereocenters. The van der Waals surface area contributed by atoms with Gasteiger partial charge in [0.05, 0.1) is 10.6 Å². The molecule has 0 aromatic heterocycles. The molecule has 27 heavy (non-hydrogen) atoms. The lowest BCUT2D eigenvalue weighted by Gasteiger charge is -2.39. The predicted octanol–water partition coefficient (Wildman–Crippen LogP) is 3.86. The molecule has 5 nitrogen and oxygen atoms in total. The van der Waals surface area contributed by atoms with E-state index in [2.05, 4.69) is 5.32 Å². The molecule has 4 rings (SSSR count). The number of nitrogens with zero attached hydrogens (tertiary/aromatic N) is 1. The van der Waals surface area contributed by atoms with Gasteiger partial charge in [-0.1, -0.05) is 29.6 Å². The minimum atomic E-state index is -0.368. The second-order valence-corrected chi connectivity index (χ2v) is 9.02. The maximum atomic E-state index is 12.7. The molecule has 2 N–H and O–H groups in total. The maximum absolute atomic E-state index is 12.7. The third-order valence-electron chi connectivity index (χ3n) is 6.45. The fourth-order valence-corrected chi connectivity index (χ4v) is 5.20. The van der Waals surface area contributed by atoms with E-state index in [4.69, 9.17) is 23.2 Å². The first kappa shape index (κ1) is 18.9. The highest BCUT2D eigenvalue weighted by Crippen LogP contribution is 2.39. The second kappa shape index (κ2) is 7.51. The molecular weight excluding hydrogens is 387 g/mol. The van der Waals surface area contributed by atoms with Gasteiger partial charge >= 0.3 is 0 Å². The first-order valence-electron chi connectivity index (χ1n) is 9.69. The number of likely N-dealkylation sites (tertiary alicyclic amines) is 1. The van der Waals surface area contributed by atoms with Crippen molar-refractivity contribution in [2.24, 2.45) is 17.8 Å². The lowest BCUT2D eigenvalue weighted by Crippen LogP contribution is -2.54. The van der Waals surface area contributed by atoms with Gasteiger partial charge in [0.15, 0.2) is 0 Å². The summed E-state index contributed by atoms with van der Waals surface area (Å²) in [5.41, 5.74) is 0.0930. The van der Waals surface area contributed by atoms with E-state index in [1.54, 1.807) is 0 Å². The Labute approximate surface area is 169 Å². The molecule has 1 aromatic carbocycles. The van der Waals surface area contributed by atoms with Crippen LogP contribution in [0.4, 0.5) is 0 Å². The van der Waals surface area contributed by atoms with Gasteiger partial charge in [-0.3, -0.25) is 9.59 Å². The van der Waals surface area contributed by atoms with Crippen LogP contribution in [-0.2, 0) is 4.79 Å². The normalized spacial score (nSPS) is 27.3. The summed E-state index contributed by atoms with van der Waals surface area (Å²) in [7, 11) is 0. The number of carbonyl (C=O) groups is 2. The van der Waals surface area contributed by atoms with Crippen molar-refractivity contribution in [2.75, 3.05) is 13.1 Å². The molecule has 7 heteroatoms. The molecule has 1 aliphatic heterocycles. The number of benzene rings is 1. The van der Waals surface area contributed by atoms with Crippen LogP contribution in [0.15, 0.2) is 12.1 Å². The van der Waals surface area contributed by atoms with Crippen LogP contribution in [-0.4, -0.2) is 41.0 Å². The molecule has 3 fully saturated rings. The largest absolute Gasteiger partial charge is 0.506 e. The number of fused-ring (bicyclic) bond motifs is 2. The monoisotopic (exact) mass is 410 g/mol. The average molecular weight is 411 g/mol. The fraction of sp³-hybridized carbons (Fsp3) is 0.600. The Morgan fingerprint density at radius 1 is 1.11 bits per heavy atom. The quantitative estimate of drug-likeness (QED) is 0.791. The van der Waals surface area contributed by atoms with Crippen LogP contribution in [0.3, 0.4) is 0 Å². The number of hydrogen-bond donors (Lipinski definition) is 2. The highest BCUT2D eigenvalue weighted by atomic mass is 35.5. The zero-order valence-electron chi connectivity index (χ0n) is 15.1. The van der Waals surface area contributed by atoms with Crippen LogP contribution in [0.5, 0.6) is 5.75 Å². The number of carbonyl (C=O) groups excluding carboxylic acids is 2. The van der Waals surface area contributed by atoms with Crippen LogP contribution >= 0.6 is 23.2 Å². The van der Waals surface area contributed by atoms with Crippen molar-refractivity contribution in [3.05, 3.63) is 27.7 Å². The standard InChI is InChI=1S/C20H24Cl2N2O3/c21-14-7-15(19(26)16(22)8-14)20(27)23-18-12-4-5-13(18)10-24(9-12)17(25)6-11-2-1-3-11/h7-8,11-13,18,26H,1-6,9-10H2,(H,23,27). The first-order chi connectivity index (χ1) is 12.9. The molecule has 2 aliphatic carbocycles. The summed E-state index contributed by atoms with van der Waals surface area (Å²) in [6.07, 6.45) is 6.28. The van der Waals surface area contributed by atoms with Crippen molar-refractivity contribution in [3.8, 4) is 5.75 Å². The zero-order chi connectivity index (χ0) is 19.1. The number of hydrogen-bond acceptors (Lipinski definition) is 3. The number of phenols is 1. The minimum absolute atomic E-state index is 0.0161. The van der Waals surface area contributed by atoms with Gasteiger partial charge in [0.2, 0.25) is 5.91 Å². The van der Waals surface area contributed by atoms with Gasteiger partial charge < -0.3 is 15.3 Å². The summed E-state index contributed by atoms with van der Waals surface area (Å²) < 4.78 is 0. The first-order valence-corrected chi connectivity index (χ1v) is 10.4. The van der Waals surface area contributed by atoms with Crippen molar-refractivity contribution in [1.82, 2.24) is 10.2 Å². The summed E-state index contributed by atoms with van der Waals surface area (Å²) in [6.45, 7) is 1.41. The molecule has 2 atom stereocenters. The summed E-state index contributed by atoms with van der Waals surface area (Å²) >= 11 is 11.9. The number of phenolic OH excluding ortho intramolecular Hbond substituents is 1. The Balaban J connectivity index is 1.41. The van der Waals surface area contributed by atoms with Crippen molar-refractivity contribution in [3.63, 3.8) is 0 Å². The smallest absolute Gasteiger partial charge is 0.255 e. The van der Waals surface area contributed by atoms with Gasteiger partial charge in [-0.25, -0.2) is 0 Å². The Morgan fingerprint density at radius 2 is 1.78 bits per heavy atom. The summed E-state index contributed by atoms with van der Waals surface area (Å²) in [5, 5.41) is 13.5. The van der Waals surface area contributed by atoms with E-state index in [-0.39, 0.29) is 46.0 Å². The molecule has 1 aromatic rings. The van der Waals surface area contributed by atoms with E-state index in [0.717, 1.165) is 12.8 Å². The predicted molar refractivity (Wildman–Crippen MR) is 104 cm³/mol. The number of aromatic hydroxyl groups is 1. The topological polar surface area (TPSA) is 69.6 Å². The van der Waals surface area contributed by atoms with Gasteiger partial charge in [0.25, 0.3) is 5.91 Å². The average Bonchev–Trinajstić information content (AvgIpc) is 2.82. The second-order valence-electron chi connectivity index (χ2n) is 8.18. The molecule has 2 saturated carbocycles. The summed E-state index contributed by atoms with van der Waals surface area (Å²) in [6, 6.07) is 2.85. The highest BCUT2D eigenvalue weighted by Gasteiger charge is 2.44. The summed E-state index contributed by atoms with van der Waals surface area (Å²) in [4.78, 5) is 27.3. The van der Waals surface area contributed by atoms with E-state index in [1.165, 1.54) is 31.4 Å². The number of rotatable bonds is 4. The number of halogens is 2. The van der Waals surface area contributed by atoms with E-state index in [1.807, 2.05) is 4.90 Å². The van der Waals surface area contributed by atoms with Crippen molar-refractivity contribution < 1.29 is 14.7 Å². The van der Waals surface area contributed by atoms with Crippen molar-refractivity contribution >= 4 is 35.0 Å². The fourth-order valence-electron chi connectivity index (χ4n) is 4.70. The number of piperidine rings is 1. The van der Waals surface area contributed by atoms with Crippen LogP contribution in [0.2, 0.25) is 10.0 Å². The Bertz CT molecular complexity index is 752. The number of amides is 2. The number of nitrogens with one attached hydrogen (secondary N) is 1. The Morgan fingerprint density at radius 3 is 2.37 bits per heavy atom. The van der Waals surface area contributed by atoms with Crippen molar-refractivity contribution in [1.29, 1.82) is 0 Å². The van der Waals surface area contributed by atoms with E-state index >= 15 is 0 Å². The highest BCUT2D eigenvalue weighted by molar-refractivity contribution is 6.36. The lowest BCUT2D eigenvalue weighted by atomic mass is 9.82. The van der Waals surface area contributed by atoms with Gasteiger partial charge in [0.1, 0.15) is 5.75 Å². The summed E-state index contributed by atoms with van der Waals surface area (Å²) in [5.74, 6) is 0.737. The molecule has 1 heterocycles. The van der Waals surface area contributed by atoms with Crippen molar-refractivity contribution in [2.45, 2.75) is 44.6 Å². The van der Waals surface area contributed by atoms with Gasteiger partial charge in [-0.05, 0) is 55.6 Å². The minimum Gasteiger partial charge on any atom is -0.506 e. The van der Waals surface area contributed by atoms with E-state index < -0.39 is 0 Å². The zero-order valence-corrected chi connectivity index (χ0v) is 16.6. The molecule has 0 radical (unpaired) electrons. The SMILES string of the molecule is O=C(NC1C2CCC1CN(C(=O)CC1CCC1)C2)c1cc(Cl)cc(Cl)c1O. The third kappa shape index (κ3) is 3.77. The molecule has 3 aliphatic rings. The Hall–Kier alpha value is -1.46. The van der Waals surface area contributed by atoms with Gasteiger partial charge in [-0.15, -0.1) is 0 Å². The van der Waals surface area contributed by atoms with Crippen LogP contribution in [0, 0.1) is 17.8 Å². The van der Waals surface area contributed by atoms with E-state index in [0.29, 0.717) is 30.5 Å². The maximum Gasteiger partial charge on any atom is 0.255 e. The Kier molecular flexibility index (Phi) is 5.26. The van der Waals surface area contributed by atoms with Crippen LogP contribution < -0.4 is 5.32 Å². The van der Waals surface area contributed by atoms with E-state index in [9.17, 15) is 14.7 Å². The molecular formula is C20H24Cl2N2O3. The molecule has 2 bridgehead atoms. The van der Waals surface area contributed by atoms with Gasteiger partial charge in [0, 0.05) is 30.6 Å². The molecule has 146 valence electrons. The van der Waals surface area contributed by atoms with Crippen LogP contribution in [0.1, 0.15) is 48.9 Å². The third-order valence-corrected chi connectivity index (χ3v) is 6.95. The molecule has 0 spiro atoms. The van der Waals surface area contributed by atoms with Crippen LogP contribution in [0.25, 0.3) is 0 Å². The van der Waals surface area contributed by atoms with Gasteiger partial charge in [-0.2, -0.15) is 0 Å². The molecule has 1 saturated heterocycles. The molecule has 2 amide bonds.